The van der Waals surface area contributed by atoms with Crippen LogP contribution in [0.2, 0.25) is 0 Å². The molecule has 0 fully saturated rings. The van der Waals surface area contributed by atoms with Gasteiger partial charge in [0.1, 0.15) is 11.4 Å². The summed E-state index contributed by atoms with van der Waals surface area (Å²) in [6.45, 7) is 8.09. The van der Waals surface area contributed by atoms with Crippen LogP contribution in [0.25, 0.3) is 0 Å². The van der Waals surface area contributed by atoms with E-state index in [4.69, 9.17) is 4.74 Å². The predicted molar refractivity (Wildman–Crippen MR) is 73.3 cm³/mol. The standard InChI is InChI=1S/C15H22FNO2/c1-6-19-14(18)15(3,4)17(5)10-12-7-8-13(16)11(2)9-12/h7-9H,6,10H2,1-5H3. The highest BCUT2D eigenvalue weighted by atomic mass is 19.1. The average molecular weight is 267 g/mol. The molecular formula is C15H22FNO2. The first kappa shape index (κ1) is 15.6. The third kappa shape index (κ3) is 3.77. The van der Waals surface area contributed by atoms with Crippen LogP contribution in [0.5, 0.6) is 0 Å². The van der Waals surface area contributed by atoms with E-state index in [1.54, 1.807) is 26.0 Å². The molecule has 0 unspecified atom stereocenters. The van der Waals surface area contributed by atoms with Gasteiger partial charge in [0, 0.05) is 6.54 Å². The summed E-state index contributed by atoms with van der Waals surface area (Å²) in [6.07, 6.45) is 0. The Labute approximate surface area is 114 Å². The number of nitrogens with zero attached hydrogens (tertiary/aromatic N) is 1. The summed E-state index contributed by atoms with van der Waals surface area (Å²) in [6, 6.07) is 4.99. The molecule has 0 heterocycles. The Bertz CT molecular complexity index is 457. The quantitative estimate of drug-likeness (QED) is 0.768. The second-order valence-corrected chi connectivity index (χ2v) is 5.22. The minimum atomic E-state index is -0.710. The maximum atomic E-state index is 13.2. The van der Waals surface area contributed by atoms with Crippen LogP contribution in [0.3, 0.4) is 0 Å². The molecule has 0 amide bonds. The van der Waals surface area contributed by atoms with E-state index in [9.17, 15) is 9.18 Å². The molecule has 0 aliphatic rings. The van der Waals surface area contributed by atoms with Crippen LogP contribution in [0.15, 0.2) is 18.2 Å². The van der Waals surface area contributed by atoms with Crippen LogP contribution < -0.4 is 0 Å². The molecule has 0 radical (unpaired) electrons. The molecule has 0 atom stereocenters. The molecular weight excluding hydrogens is 245 g/mol. The molecule has 1 rings (SSSR count). The van der Waals surface area contributed by atoms with Gasteiger partial charge < -0.3 is 4.74 Å². The van der Waals surface area contributed by atoms with Crippen LogP contribution in [-0.2, 0) is 16.1 Å². The van der Waals surface area contributed by atoms with Gasteiger partial charge >= 0.3 is 5.97 Å². The van der Waals surface area contributed by atoms with E-state index in [1.807, 2.05) is 25.8 Å². The lowest BCUT2D eigenvalue weighted by Crippen LogP contribution is -2.48. The monoisotopic (exact) mass is 267 g/mol. The van der Waals surface area contributed by atoms with Gasteiger partial charge in [0.2, 0.25) is 0 Å². The van der Waals surface area contributed by atoms with E-state index in [0.29, 0.717) is 18.7 Å². The molecule has 0 bridgehead atoms. The van der Waals surface area contributed by atoms with Crippen molar-refractivity contribution >= 4 is 5.97 Å². The number of esters is 1. The highest BCUT2D eigenvalue weighted by Crippen LogP contribution is 2.19. The number of rotatable bonds is 5. The highest BCUT2D eigenvalue weighted by molar-refractivity contribution is 5.79. The number of carbonyl (C=O) groups excluding carboxylic acids is 1. The molecule has 3 nitrogen and oxygen atoms in total. The number of carbonyl (C=O) groups is 1. The van der Waals surface area contributed by atoms with Crippen molar-refractivity contribution in [2.24, 2.45) is 0 Å². The zero-order valence-corrected chi connectivity index (χ0v) is 12.3. The van der Waals surface area contributed by atoms with Gasteiger partial charge in [-0.05, 0) is 51.9 Å². The number of ether oxygens (including phenoxy) is 1. The Balaban J connectivity index is 2.80. The van der Waals surface area contributed by atoms with Gasteiger partial charge in [-0.3, -0.25) is 9.69 Å². The second-order valence-electron chi connectivity index (χ2n) is 5.22. The van der Waals surface area contributed by atoms with E-state index in [0.717, 1.165) is 5.56 Å². The highest BCUT2D eigenvalue weighted by Gasteiger charge is 2.33. The molecule has 0 N–H and O–H groups in total. The van der Waals surface area contributed by atoms with Crippen molar-refractivity contribution in [2.75, 3.05) is 13.7 Å². The molecule has 0 spiro atoms. The van der Waals surface area contributed by atoms with Crippen LogP contribution >= 0.6 is 0 Å². The number of halogens is 1. The van der Waals surface area contributed by atoms with Gasteiger partial charge in [-0.1, -0.05) is 12.1 Å². The number of hydrogen-bond donors (Lipinski definition) is 0. The van der Waals surface area contributed by atoms with Gasteiger partial charge in [-0.2, -0.15) is 0 Å². The lowest BCUT2D eigenvalue weighted by atomic mass is 10.0. The summed E-state index contributed by atoms with van der Waals surface area (Å²) < 4.78 is 18.3. The van der Waals surface area contributed by atoms with Crippen LogP contribution in [-0.4, -0.2) is 30.1 Å². The van der Waals surface area contributed by atoms with Crippen molar-refractivity contribution in [3.05, 3.63) is 35.1 Å². The largest absolute Gasteiger partial charge is 0.465 e. The van der Waals surface area contributed by atoms with Gasteiger partial charge in [0.05, 0.1) is 6.61 Å². The number of aryl methyl sites for hydroxylation is 1. The Morgan fingerprint density at radius 2 is 2.05 bits per heavy atom. The Morgan fingerprint density at radius 1 is 1.42 bits per heavy atom. The molecule has 19 heavy (non-hydrogen) atoms. The normalized spacial score (nSPS) is 11.7. The molecule has 4 heteroatoms. The average Bonchev–Trinajstić information content (AvgIpc) is 2.34. The summed E-state index contributed by atoms with van der Waals surface area (Å²) in [5.41, 5.74) is 0.872. The zero-order valence-electron chi connectivity index (χ0n) is 12.3. The number of hydrogen-bond acceptors (Lipinski definition) is 3. The SMILES string of the molecule is CCOC(=O)C(C)(C)N(C)Cc1ccc(F)c(C)c1. The molecule has 0 saturated carbocycles. The fourth-order valence-corrected chi connectivity index (χ4v) is 1.74. The number of benzene rings is 1. The van der Waals surface area contributed by atoms with Gasteiger partial charge in [0.25, 0.3) is 0 Å². The minimum absolute atomic E-state index is 0.212. The van der Waals surface area contributed by atoms with Gasteiger partial charge in [0.15, 0.2) is 0 Å². The zero-order chi connectivity index (χ0) is 14.6. The summed E-state index contributed by atoms with van der Waals surface area (Å²) in [7, 11) is 1.86. The van der Waals surface area contributed by atoms with Gasteiger partial charge in [-0.25, -0.2) is 4.39 Å². The van der Waals surface area contributed by atoms with Crippen molar-refractivity contribution in [2.45, 2.75) is 39.8 Å². The van der Waals surface area contributed by atoms with Crippen molar-refractivity contribution in [1.82, 2.24) is 4.90 Å². The second kappa shape index (κ2) is 6.15. The molecule has 1 aromatic rings. The lowest BCUT2D eigenvalue weighted by molar-refractivity contribution is -0.155. The van der Waals surface area contributed by atoms with Crippen LogP contribution in [0.4, 0.5) is 4.39 Å². The first-order chi connectivity index (χ1) is 8.78. The first-order valence-corrected chi connectivity index (χ1v) is 6.42. The Kier molecular flexibility index (Phi) is 5.06. The van der Waals surface area contributed by atoms with Crippen molar-refractivity contribution in [1.29, 1.82) is 0 Å². The van der Waals surface area contributed by atoms with Crippen molar-refractivity contribution in [3.8, 4) is 0 Å². The molecule has 0 aliphatic carbocycles. The van der Waals surface area contributed by atoms with Crippen molar-refractivity contribution < 1.29 is 13.9 Å². The molecule has 0 aromatic heterocycles. The summed E-state index contributed by atoms with van der Waals surface area (Å²) in [4.78, 5) is 13.8. The maximum absolute atomic E-state index is 13.2. The lowest BCUT2D eigenvalue weighted by Gasteiger charge is -2.33. The molecule has 106 valence electrons. The van der Waals surface area contributed by atoms with Crippen LogP contribution in [0, 0.1) is 12.7 Å². The summed E-state index contributed by atoms with van der Waals surface area (Å²) in [5, 5.41) is 0. The fraction of sp³-hybridized carbons (Fsp3) is 0.533. The van der Waals surface area contributed by atoms with E-state index in [2.05, 4.69) is 0 Å². The van der Waals surface area contributed by atoms with E-state index in [-0.39, 0.29) is 11.8 Å². The third-order valence-corrected chi connectivity index (χ3v) is 3.37. The Morgan fingerprint density at radius 3 is 2.58 bits per heavy atom. The first-order valence-electron chi connectivity index (χ1n) is 6.42. The number of likely N-dealkylation sites (N-methyl/N-ethyl adjacent to an activating group) is 1. The summed E-state index contributed by atoms with van der Waals surface area (Å²) >= 11 is 0. The maximum Gasteiger partial charge on any atom is 0.325 e. The van der Waals surface area contributed by atoms with Crippen molar-refractivity contribution in [3.63, 3.8) is 0 Å². The van der Waals surface area contributed by atoms with E-state index < -0.39 is 5.54 Å². The van der Waals surface area contributed by atoms with E-state index >= 15 is 0 Å². The smallest absolute Gasteiger partial charge is 0.325 e. The predicted octanol–water partition coefficient (Wildman–Crippen LogP) is 2.91. The molecule has 1 aromatic carbocycles. The third-order valence-electron chi connectivity index (χ3n) is 3.37. The van der Waals surface area contributed by atoms with Crippen LogP contribution in [0.1, 0.15) is 31.9 Å². The molecule has 0 saturated heterocycles. The topological polar surface area (TPSA) is 29.5 Å². The summed E-state index contributed by atoms with van der Waals surface area (Å²) in [5.74, 6) is -0.465. The van der Waals surface area contributed by atoms with Gasteiger partial charge in [-0.15, -0.1) is 0 Å². The van der Waals surface area contributed by atoms with E-state index in [1.165, 1.54) is 6.07 Å². The minimum Gasteiger partial charge on any atom is -0.465 e. The fourth-order valence-electron chi connectivity index (χ4n) is 1.74. The Hall–Kier alpha value is -1.42. The molecule has 0 aliphatic heterocycles.